The summed E-state index contributed by atoms with van der Waals surface area (Å²) in [6.07, 6.45) is 1.69. The molecule has 0 aromatic carbocycles. The van der Waals surface area contributed by atoms with E-state index in [9.17, 15) is 0 Å². The van der Waals surface area contributed by atoms with Gasteiger partial charge in [-0.15, -0.1) is 0 Å². The summed E-state index contributed by atoms with van der Waals surface area (Å²) < 4.78 is 1.92. The molecule has 2 aromatic heterocycles. The maximum Gasteiger partial charge on any atom is 0.0937 e. The lowest BCUT2D eigenvalue weighted by Crippen LogP contribution is -2.26. The smallest absolute Gasteiger partial charge is 0.0937 e. The summed E-state index contributed by atoms with van der Waals surface area (Å²) in [5.74, 6) is 0. The van der Waals surface area contributed by atoms with Gasteiger partial charge in [-0.25, -0.2) is 0 Å². The van der Waals surface area contributed by atoms with Crippen LogP contribution in [0, 0.1) is 6.92 Å². The van der Waals surface area contributed by atoms with Crippen molar-refractivity contribution < 1.29 is 0 Å². The van der Waals surface area contributed by atoms with E-state index in [2.05, 4.69) is 29.2 Å². The van der Waals surface area contributed by atoms with Gasteiger partial charge in [0.2, 0.25) is 0 Å². The molecule has 1 N–H and O–H groups in total. The zero-order chi connectivity index (χ0) is 13.8. The predicted molar refractivity (Wildman–Crippen MR) is 77.4 cm³/mol. The van der Waals surface area contributed by atoms with Gasteiger partial charge in [-0.2, -0.15) is 5.10 Å². The summed E-state index contributed by atoms with van der Waals surface area (Å²) in [5, 5.41) is 8.42. The minimum Gasteiger partial charge on any atom is -0.304 e. The molecule has 0 aliphatic heterocycles. The predicted octanol–water partition coefficient (Wildman–Crippen LogP) is 2.96. The van der Waals surface area contributed by atoms with Gasteiger partial charge in [0.1, 0.15) is 0 Å². The minimum atomic E-state index is -0.0279. The van der Waals surface area contributed by atoms with E-state index in [0.717, 1.165) is 30.2 Å². The number of rotatable bonds is 5. The topological polar surface area (TPSA) is 42.7 Å². The third-order valence-electron chi connectivity index (χ3n) is 3.02. The average molecular weight is 279 g/mol. The first-order valence-electron chi connectivity index (χ1n) is 6.55. The molecule has 0 spiro atoms. The lowest BCUT2D eigenvalue weighted by Gasteiger charge is -2.19. The second kappa shape index (κ2) is 6.17. The number of hydrogen-bond donors (Lipinski definition) is 1. The molecule has 102 valence electrons. The van der Waals surface area contributed by atoms with E-state index in [-0.39, 0.29) is 6.04 Å². The Kier molecular flexibility index (Phi) is 4.56. The summed E-state index contributed by atoms with van der Waals surface area (Å²) >= 11 is 6.29. The third-order valence-corrected chi connectivity index (χ3v) is 3.31. The molecule has 0 saturated heterocycles. The van der Waals surface area contributed by atoms with Crippen molar-refractivity contribution in [1.29, 1.82) is 0 Å². The average Bonchev–Trinajstić information content (AvgIpc) is 2.77. The van der Waals surface area contributed by atoms with Gasteiger partial charge in [0.05, 0.1) is 28.6 Å². The highest BCUT2D eigenvalue weighted by Gasteiger charge is 2.22. The van der Waals surface area contributed by atoms with E-state index >= 15 is 0 Å². The molecule has 2 heterocycles. The van der Waals surface area contributed by atoms with Gasteiger partial charge in [-0.3, -0.25) is 9.67 Å². The summed E-state index contributed by atoms with van der Waals surface area (Å²) in [6.45, 7) is 7.75. The Bertz CT molecular complexity index is 550. The molecular formula is C14H19ClN4. The largest absolute Gasteiger partial charge is 0.304 e. The number of nitrogens with zero attached hydrogens (tertiary/aromatic N) is 3. The molecule has 0 fully saturated rings. The van der Waals surface area contributed by atoms with Crippen LogP contribution in [0.4, 0.5) is 0 Å². The van der Waals surface area contributed by atoms with Crippen LogP contribution in [-0.2, 0) is 6.54 Å². The van der Waals surface area contributed by atoms with Crippen LogP contribution in [0.5, 0.6) is 0 Å². The highest BCUT2D eigenvalue weighted by molar-refractivity contribution is 6.31. The Labute approximate surface area is 118 Å². The SMILES string of the molecule is CCNC(c1cccc(C)n1)c1c(Cl)cnn1CC. The number of pyridine rings is 1. The van der Waals surface area contributed by atoms with Gasteiger partial charge in [-0.1, -0.05) is 24.6 Å². The van der Waals surface area contributed by atoms with Gasteiger partial charge >= 0.3 is 0 Å². The number of aromatic nitrogens is 3. The van der Waals surface area contributed by atoms with Crippen molar-refractivity contribution in [2.24, 2.45) is 0 Å². The molecule has 0 amide bonds. The van der Waals surface area contributed by atoms with Crippen LogP contribution in [-0.4, -0.2) is 21.3 Å². The molecule has 1 atom stereocenters. The fourth-order valence-corrected chi connectivity index (χ4v) is 2.43. The third kappa shape index (κ3) is 2.96. The van der Waals surface area contributed by atoms with E-state index in [4.69, 9.17) is 11.6 Å². The first-order valence-corrected chi connectivity index (χ1v) is 6.93. The van der Waals surface area contributed by atoms with Gasteiger partial charge in [0, 0.05) is 12.2 Å². The normalized spacial score (nSPS) is 12.6. The van der Waals surface area contributed by atoms with Crippen molar-refractivity contribution in [3.8, 4) is 0 Å². The van der Waals surface area contributed by atoms with Crippen molar-refractivity contribution in [3.63, 3.8) is 0 Å². The number of nitrogens with one attached hydrogen (secondary N) is 1. The van der Waals surface area contributed by atoms with Crippen molar-refractivity contribution in [2.45, 2.75) is 33.4 Å². The van der Waals surface area contributed by atoms with Crippen LogP contribution >= 0.6 is 11.6 Å². The standard InChI is InChI=1S/C14H19ClN4/c1-4-16-13(12-8-6-7-10(3)18-12)14-11(15)9-17-19(14)5-2/h6-9,13,16H,4-5H2,1-3H3. The molecule has 0 aliphatic carbocycles. The first-order chi connectivity index (χ1) is 9.17. The Morgan fingerprint density at radius 3 is 2.79 bits per heavy atom. The Hall–Kier alpha value is -1.39. The van der Waals surface area contributed by atoms with Gasteiger partial charge in [0.15, 0.2) is 0 Å². The minimum absolute atomic E-state index is 0.0279. The molecule has 19 heavy (non-hydrogen) atoms. The van der Waals surface area contributed by atoms with Crippen molar-refractivity contribution >= 4 is 11.6 Å². The summed E-state index contributed by atoms with van der Waals surface area (Å²) in [5.41, 5.74) is 2.95. The van der Waals surface area contributed by atoms with E-state index < -0.39 is 0 Å². The zero-order valence-corrected chi connectivity index (χ0v) is 12.3. The Balaban J connectivity index is 2.48. The maximum atomic E-state index is 6.29. The monoisotopic (exact) mass is 278 g/mol. The number of aryl methyl sites for hydroxylation is 2. The van der Waals surface area contributed by atoms with Crippen LogP contribution in [0.25, 0.3) is 0 Å². The number of hydrogen-bond acceptors (Lipinski definition) is 3. The summed E-state index contributed by atoms with van der Waals surface area (Å²) in [4.78, 5) is 4.60. The molecule has 2 aromatic rings. The van der Waals surface area contributed by atoms with Crippen LogP contribution in [0.1, 0.15) is 37.0 Å². The van der Waals surface area contributed by atoms with E-state index in [1.54, 1.807) is 6.20 Å². The van der Waals surface area contributed by atoms with Crippen molar-refractivity contribution in [2.75, 3.05) is 6.54 Å². The van der Waals surface area contributed by atoms with Crippen LogP contribution < -0.4 is 5.32 Å². The molecule has 0 aliphatic rings. The van der Waals surface area contributed by atoms with Crippen molar-refractivity contribution in [1.82, 2.24) is 20.1 Å². The zero-order valence-electron chi connectivity index (χ0n) is 11.5. The molecular weight excluding hydrogens is 260 g/mol. The number of halogens is 1. The first kappa shape index (κ1) is 14.0. The fourth-order valence-electron chi connectivity index (χ4n) is 2.18. The quantitative estimate of drug-likeness (QED) is 0.914. The molecule has 1 unspecified atom stereocenters. The summed E-state index contributed by atoms with van der Waals surface area (Å²) in [6, 6.07) is 6.00. The van der Waals surface area contributed by atoms with Crippen LogP contribution in [0.15, 0.2) is 24.4 Å². The maximum absolute atomic E-state index is 6.29. The van der Waals surface area contributed by atoms with E-state index in [1.807, 2.05) is 29.8 Å². The highest BCUT2D eigenvalue weighted by Crippen LogP contribution is 2.27. The second-order valence-electron chi connectivity index (χ2n) is 4.39. The summed E-state index contributed by atoms with van der Waals surface area (Å²) in [7, 11) is 0. The molecule has 5 heteroatoms. The van der Waals surface area contributed by atoms with Gasteiger partial charge < -0.3 is 5.32 Å². The molecule has 4 nitrogen and oxygen atoms in total. The van der Waals surface area contributed by atoms with Crippen LogP contribution in [0.3, 0.4) is 0 Å². The molecule has 2 rings (SSSR count). The molecule has 0 radical (unpaired) electrons. The molecule has 0 saturated carbocycles. The molecule has 0 bridgehead atoms. The highest BCUT2D eigenvalue weighted by atomic mass is 35.5. The second-order valence-corrected chi connectivity index (χ2v) is 4.80. The lowest BCUT2D eigenvalue weighted by molar-refractivity contribution is 0.534. The van der Waals surface area contributed by atoms with Crippen LogP contribution in [0.2, 0.25) is 5.02 Å². The Morgan fingerprint density at radius 1 is 1.37 bits per heavy atom. The van der Waals surface area contributed by atoms with Crippen molar-refractivity contribution in [3.05, 3.63) is 46.5 Å². The van der Waals surface area contributed by atoms with E-state index in [1.165, 1.54) is 0 Å². The van der Waals surface area contributed by atoms with E-state index in [0.29, 0.717) is 5.02 Å². The Morgan fingerprint density at radius 2 is 2.16 bits per heavy atom. The fraction of sp³-hybridized carbons (Fsp3) is 0.429. The van der Waals surface area contributed by atoms with Gasteiger partial charge in [-0.05, 0) is 32.5 Å². The lowest BCUT2D eigenvalue weighted by atomic mass is 10.1. The van der Waals surface area contributed by atoms with Gasteiger partial charge in [0.25, 0.3) is 0 Å².